The average Bonchev–Trinajstić information content (AvgIpc) is 3.13. The molecule has 250 valence electrons. The Labute approximate surface area is 281 Å². The van der Waals surface area contributed by atoms with Crippen LogP contribution in [0.5, 0.6) is 23.0 Å². The number of rotatable bonds is 10. The Morgan fingerprint density at radius 3 is 1.04 bits per heavy atom. The molecule has 0 bridgehead atoms. The van der Waals surface area contributed by atoms with Crippen LogP contribution in [0.3, 0.4) is 0 Å². The summed E-state index contributed by atoms with van der Waals surface area (Å²) >= 11 is 0. The van der Waals surface area contributed by atoms with Crippen LogP contribution in [0.2, 0.25) is 0 Å². The molecule has 0 aliphatic rings. The molecule has 0 heterocycles. The second kappa shape index (κ2) is 15.3. The van der Waals surface area contributed by atoms with Gasteiger partial charge in [-0.25, -0.2) is 0 Å². The number of hydrogen-bond donors (Lipinski definition) is 4. The SMILES string of the molecule is O=C(NNC(=O)c1cccc(C(=O)NNC(=O)c2cccc(Oc3ccc([N+](=O)[O-])cc3)c2)c1)c1cccc(Oc2ccc([N+](=O)[O-])cc2)c1. The molecule has 16 heteroatoms. The summed E-state index contributed by atoms with van der Waals surface area (Å²) in [5.41, 5.74) is 9.20. The van der Waals surface area contributed by atoms with E-state index in [4.69, 9.17) is 9.47 Å². The van der Waals surface area contributed by atoms with Crippen LogP contribution >= 0.6 is 0 Å². The molecule has 0 unspecified atom stereocenters. The molecule has 0 saturated heterocycles. The summed E-state index contributed by atoms with van der Waals surface area (Å²) in [6.07, 6.45) is 0. The normalized spacial score (nSPS) is 10.2. The van der Waals surface area contributed by atoms with Gasteiger partial charge in [0.2, 0.25) is 0 Å². The molecule has 0 aromatic heterocycles. The topological polar surface area (TPSA) is 221 Å². The van der Waals surface area contributed by atoms with Gasteiger partial charge >= 0.3 is 0 Å². The number of nitrogens with zero attached hydrogens (tertiary/aromatic N) is 2. The van der Waals surface area contributed by atoms with Crippen LogP contribution in [0.4, 0.5) is 11.4 Å². The highest BCUT2D eigenvalue weighted by atomic mass is 16.6. The van der Waals surface area contributed by atoms with Crippen molar-refractivity contribution >= 4 is 35.0 Å². The Morgan fingerprint density at radius 2 is 0.720 bits per heavy atom. The molecule has 50 heavy (non-hydrogen) atoms. The molecule has 0 aliphatic carbocycles. The quantitative estimate of drug-likeness (QED) is 0.111. The van der Waals surface area contributed by atoms with Gasteiger partial charge in [-0.05, 0) is 78.9 Å². The van der Waals surface area contributed by atoms with Gasteiger partial charge < -0.3 is 9.47 Å². The zero-order valence-corrected chi connectivity index (χ0v) is 25.5. The summed E-state index contributed by atoms with van der Waals surface area (Å²) in [5.74, 6) is -1.66. The molecule has 5 aromatic carbocycles. The number of nitro groups is 2. The van der Waals surface area contributed by atoms with Crippen molar-refractivity contribution in [1.29, 1.82) is 0 Å². The Kier molecular flexibility index (Phi) is 10.3. The molecule has 4 N–H and O–H groups in total. The van der Waals surface area contributed by atoms with Crippen LogP contribution < -0.4 is 31.2 Å². The maximum absolute atomic E-state index is 12.8. The third-order valence-electron chi connectivity index (χ3n) is 6.73. The van der Waals surface area contributed by atoms with E-state index >= 15 is 0 Å². The van der Waals surface area contributed by atoms with E-state index in [0.29, 0.717) is 11.5 Å². The minimum absolute atomic E-state index is 0.0237. The first-order valence-electron chi connectivity index (χ1n) is 14.4. The molecule has 0 saturated carbocycles. The van der Waals surface area contributed by atoms with Crippen molar-refractivity contribution in [2.45, 2.75) is 0 Å². The molecule has 0 aliphatic heterocycles. The predicted octanol–water partition coefficient (Wildman–Crippen LogP) is 5.24. The van der Waals surface area contributed by atoms with E-state index in [1.165, 1.54) is 97.1 Å². The van der Waals surface area contributed by atoms with Crippen LogP contribution in [-0.4, -0.2) is 33.5 Å². The number of hydrogen-bond acceptors (Lipinski definition) is 10. The van der Waals surface area contributed by atoms with Crippen molar-refractivity contribution in [2.24, 2.45) is 0 Å². The fourth-order valence-corrected chi connectivity index (χ4v) is 4.26. The zero-order valence-electron chi connectivity index (χ0n) is 25.5. The van der Waals surface area contributed by atoms with Crippen molar-refractivity contribution in [1.82, 2.24) is 21.7 Å². The first-order chi connectivity index (χ1) is 24.0. The van der Waals surface area contributed by atoms with Crippen LogP contribution in [0, 0.1) is 20.2 Å². The minimum Gasteiger partial charge on any atom is -0.457 e. The molecule has 0 fully saturated rings. The minimum atomic E-state index is -0.736. The third kappa shape index (κ3) is 8.80. The lowest BCUT2D eigenvalue weighted by atomic mass is 10.1. The fraction of sp³-hybridized carbons (Fsp3) is 0. The van der Waals surface area contributed by atoms with E-state index in [1.807, 2.05) is 0 Å². The number of carbonyl (C=O) groups excluding carboxylic acids is 4. The summed E-state index contributed by atoms with van der Waals surface area (Å²) in [7, 11) is 0. The Bertz CT molecular complexity index is 1960. The van der Waals surface area contributed by atoms with E-state index in [2.05, 4.69) is 21.7 Å². The summed E-state index contributed by atoms with van der Waals surface area (Å²) in [6.45, 7) is 0. The number of hydrazine groups is 2. The maximum Gasteiger partial charge on any atom is 0.269 e. The number of benzene rings is 5. The number of nitro benzene ring substituents is 2. The van der Waals surface area contributed by atoms with Gasteiger partial charge in [0, 0.05) is 46.5 Å². The lowest BCUT2D eigenvalue weighted by molar-refractivity contribution is -0.385. The number of amides is 4. The van der Waals surface area contributed by atoms with Gasteiger partial charge in [0.1, 0.15) is 23.0 Å². The highest BCUT2D eigenvalue weighted by molar-refractivity contribution is 6.02. The van der Waals surface area contributed by atoms with Crippen LogP contribution in [0.25, 0.3) is 0 Å². The van der Waals surface area contributed by atoms with Gasteiger partial charge in [-0.3, -0.25) is 61.1 Å². The highest BCUT2D eigenvalue weighted by Crippen LogP contribution is 2.26. The summed E-state index contributed by atoms with van der Waals surface area (Å²) in [4.78, 5) is 71.5. The van der Waals surface area contributed by atoms with Crippen molar-refractivity contribution in [3.8, 4) is 23.0 Å². The second-order valence-electron chi connectivity index (χ2n) is 10.2. The average molecular weight is 677 g/mol. The lowest BCUT2D eigenvalue weighted by Gasteiger charge is -2.11. The largest absolute Gasteiger partial charge is 0.457 e. The molecule has 5 aromatic rings. The van der Waals surface area contributed by atoms with E-state index in [9.17, 15) is 39.4 Å². The van der Waals surface area contributed by atoms with E-state index < -0.39 is 33.5 Å². The fourth-order valence-electron chi connectivity index (χ4n) is 4.26. The van der Waals surface area contributed by atoms with Crippen molar-refractivity contribution in [2.75, 3.05) is 0 Å². The molecule has 0 spiro atoms. The molecular formula is C34H24N6O10. The molecule has 0 radical (unpaired) electrons. The van der Waals surface area contributed by atoms with Crippen LogP contribution in [0.1, 0.15) is 41.4 Å². The number of non-ortho nitro benzene ring substituents is 2. The van der Waals surface area contributed by atoms with Crippen LogP contribution in [0.15, 0.2) is 121 Å². The summed E-state index contributed by atoms with van der Waals surface area (Å²) in [5, 5.41) is 21.7. The lowest BCUT2D eigenvalue weighted by Crippen LogP contribution is -2.42. The van der Waals surface area contributed by atoms with Gasteiger partial charge in [0.25, 0.3) is 35.0 Å². The van der Waals surface area contributed by atoms with Crippen LogP contribution in [-0.2, 0) is 0 Å². The number of nitrogens with one attached hydrogen (secondary N) is 4. The smallest absolute Gasteiger partial charge is 0.269 e. The third-order valence-corrected chi connectivity index (χ3v) is 6.73. The van der Waals surface area contributed by atoms with Crippen molar-refractivity contribution in [3.05, 3.63) is 164 Å². The van der Waals surface area contributed by atoms with E-state index in [1.54, 1.807) is 24.3 Å². The van der Waals surface area contributed by atoms with Crippen molar-refractivity contribution < 1.29 is 38.5 Å². The van der Waals surface area contributed by atoms with E-state index in [0.717, 1.165) is 0 Å². The predicted molar refractivity (Wildman–Crippen MR) is 176 cm³/mol. The van der Waals surface area contributed by atoms with Gasteiger partial charge in [-0.1, -0.05) is 18.2 Å². The number of ether oxygens (including phenoxy) is 2. The summed E-state index contributed by atoms with van der Waals surface area (Å²) < 4.78 is 11.3. The monoisotopic (exact) mass is 676 g/mol. The summed E-state index contributed by atoms with van der Waals surface area (Å²) in [6, 6.07) is 28.3. The Hall–Kier alpha value is -7.62. The second-order valence-corrected chi connectivity index (χ2v) is 10.2. The molecular weight excluding hydrogens is 652 g/mol. The molecule has 0 atom stereocenters. The zero-order chi connectivity index (χ0) is 35.6. The molecule has 16 nitrogen and oxygen atoms in total. The highest BCUT2D eigenvalue weighted by Gasteiger charge is 2.15. The first kappa shape index (κ1) is 33.7. The first-order valence-corrected chi connectivity index (χ1v) is 14.4. The molecule has 4 amide bonds. The van der Waals surface area contributed by atoms with Gasteiger partial charge in [-0.2, -0.15) is 0 Å². The molecule has 5 rings (SSSR count). The maximum atomic E-state index is 12.8. The standard InChI is InChI=1S/C34H24N6O10/c41-31(35-37-33(43)23-6-2-8-29(19-23)49-27-14-10-25(11-15-27)39(45)46)21-4-1-5-22(18-21)32(42)36-38-34(44)24-7-3-9-30(20-24)50-28-16-12-26(13-17-28)40(47)48/h1-20H,(H,35,41)(H,36,42)(H,37,43)(H,38,44). The number of carbonyl (C=O) groups is 4. The Morgan fingerprint density at radius 1 is 0.420 bits per heavy atom. The van der Waals surface area contributed by atoms with Gasteiger partial charge in [0.15, 0.2) is 0 Å². The Balaban J connectivity index is 1.12. The van der Waals surface area contributed by atoms with E-state index in [-0.39, 0.29) is 45.1 Å². The van der Waals surface area contributed by atoms with Gasteiger partial charge in [-0.15, -0.1) is 0 Å². The van der Waals surface area contributed by atoms with Gasteiger partial charge in [0.05, 0.1) is 9.85 Å². The van der Waals surface area contributed by atoms with Crippen molar-refractivity contribution in [3.63, 3.8) is 0 Å².